The molecule has 0 atom stereocenters. The molecule has 0 fully saturated rings. The fourth-order valence-corrected chi connectivity index (χ4v) is 3.19. The molecule has 0 spiro atoms. The highest BCUT2D eigenvalue weighted by Crippen LogP contribution is 2.28. The number of hydrogen-bond acceptors (Lipinski definition) is 7. The summed E-state index contributed by atoms with van der Waals surface area (Å²) in [4.78, 5) is 20.6. The number of amides is 1. The third kappa shape index (κ3) is 6.09. The lowest BCUT2D eigenvalue weighted by Gasteiger charge is -2.14. The highest BCUT2D eigenvalue weighted by atomic mass is 19.1. The fraction of sp³-hybridized carbons (Fsp3) is 0.292. The van der Waals surface area contributed by atoms with Crippen molar-refractivity contribution in [2.24, 2.45) is 0 Å². The second kappa shape index (κ2) is 10.6. The molecular weight excluding hydrogens is 425 g/mol. The Hall–Kier alpha value is -3.88. The van der Waals surface area contributed by atoms with Gasteiger partial charge in [-0.25, -0.2) is 14.4 Å². The Balaban J connectivity index is 1.69. The molecule has 0 unspecified atom stereocenters. The van der Waals surface area contributed by atoms with Crippen molar-refractivity contribution in [1.29, 1.82) is 0 Å². The Kier molecular flexibility index (Phi) is 7.66. The number of nitrogens with one attached hydrogen (secondary N) is 2. The Morgan fingerprint density at radius 3 is 2.48 bits per heavy atom. The number of aryl methyl sites for hydroxylation is 2. The van der Waals surface area contributed by atoms with E-state index in [2.05, 4.69) is 20.6 Å². The van der Waals surface area contributed by atoms with Crippen LogP contribution in [0.3, 0.4) is 0 Å². The van der Waals surface area contributed by atoms with Crippen LogP contribution in [-0.2, 0) is 12.8 Å². The SMILES string of the molecule is CNC(=O)c1cc(CCc2cnc(Nc3ccc(N)c(OC(C)C)c3)nc2)c(F)c(OC)c1. The lowest BCUT2D eigenvalue weighted by molar-refractivity contribution is 0.0962. The first-order valence-electron chi connectivity index (χ1n) is 10.5. The quantitative estimate of drug-likeness (QED) is 0.422. The van der Waals surface area contributed by atoms with Crippen LogP contribution in [0.4, 0.5) is 21.7 Å². The van der Waals surface area contributed by atoms with Gasteiger partial charge in [-0.15, -0.1) is 0 Å². The highest BCUT2D eigenvalue weighted by Gasteiger charge is 2.15. The van der Waals surface area contributed by atoms with E-state index in [-0.39, 0.29) is 17.8 Å². The Labute approximate surface area is 192 Å². The van der Waals surface area contributed by atoms with Crippen molar-refractivity contribution in [2.75, 3.05) is 25.2 Å². The molecule has 1 aromatic heterocycles. The Morgan fingerprint density at radius 2 is 1.85 bits per heavy atom. The number of nitrogen functional groups attached to an aromatic ring is 1. The molecule has 1 heterocycles. The van der Waals surface area contributed by atoms with Crippen LogP contribution in [0.5, 0.6) is 11.5 Å². The molecule has 0 bridgehead atoms. The van der Waals surface area contributed by atoms with Gasteiger partial charge in [0.2, 0.25) is 5.95 Å². The summed E-state index contributed by atoms with van der Waals surface area (Å²) in [5.74, 6) is 0.243. The Morgan fingerprint density at radius 1 is 1.12 bits per heavy atom. The molecule has 0 aliphatic heterocycles. The van der Waals surface area contributed by atoms with Crippen molar-refractivity contribution in [3.05, 3.63) is 65.2 Å². The molecule has 174 valence electrons. The monoisotopic (exact) mass is 453 g/mol. The van der Waals surface area contributed by atoms with E-state index in [1.807, 2.05) is 19.9 Å². The number of nitrogens with two attached hydrogens (primary N) is 1. The van der Waals surface area contributed by atoms with Gasteiger partial charge in [-0.2, -0.15) is 0 Å². The summed E-state index contributed by atoms with van der Waals surface area (Å²) in [6.07, 6.45) is 4.20. The summed E-state index contributed by atoms with van der Waals surface area (Å²) < 4.78 is 25.4. The number of nitrogens with zero attached hydrogens (tertiary/aromatic N) is 2. The van der Waals surface area contributed by atoms with E-state index in [1.165, 1.54) is 26.3 Å². The maximum absolute atomic E-state index is 14.7. The number of benzene rings is 2. The maximum Gasteiger partial charge on any atom is 0.251 e. The van der Waals surface area contributed by atoms with E-state index in [0.717, 1.165) is 11.3 Å². The van der Waals surface area contributed by atoms with Gasteiger partial charge in [0.05, 0.1) is 18.9 Å². The molecule has 4 N–H and O–H groups in total. The lowest BCUT2D eigenvalue weighted by atomic mass is 10.0. The third-order valence-corrected chi connectivity index (χ3v) is 4.84. The van der Waals surface area contributed by atoms with Crippen molar-refractivity contribution in [3.63, 3.8) is 0 Å². The van der Waals surface area contributed by atoms with E-state index >= 15 is 0 Å². The van der Waals surface area contributed by atoms with Crippen LogP contribution in [-0.4, -0.2) is 36.1 Å². The molecule has 3 aromatic rings. The Bertz CT molecular complexity index is 1120. The second-order valence-electron chi connectivity index (χ2n) is 7.69. The minimum Gasteiger partial charge on any atom is -0.494 e. The number of rotatable bonds is 9. The zero-order valence-corrected chi connectivity index (χ0v) is 19.1. The highest BCUT2D eigenvalue weighted by molar-refractivity contribution is 5.94. The number of carbonyl (C=O) groups is 1. The first-order valence-corrected chi connectivity index (χ1v) is 10.5. The molecule has 0 aliphatic carbocycles. The number of carbonyl (C=O) groups excluding carboxylic acids is 1. The summed E-state index contributed by atoms with van der Waals surface area (Å²) in [6, 6.07) is 8.28. The van der Waals surface area contributed by atoms with Gasteiger partial charge in [0.25, 0.3) is 5.91 Å². The fourth-order valence-electron chi connectivity index (χ4n) is 3.19. The molecule has 1 amide bonds. The molecule has 0 radical (unpaired) electrons. The topological polar surface area (TPSA) is 111 Å². The molecule has 33 heavy (non-hydrogen) atoms. The molecule has 8 nitrogen and oxygen atoms in total. The second-order valence-corrected chi connectivity index (χ2v) is 7.69. The van der Waals surface area contributed by atoms with Crippen molar-refractivity contribution in [2.45, 2.75) is 32.8 Å². The van der Waals surface area contributed by atoms with E-state index in [1.54, 1.807) is 24.5 Å². The van der Waals surface area contributed by atoms with Crippen molar-refractivity contribution in [3.8, 4) is 11.5 Å². The van der Waals surface area contributed by atoms with Crippen molar-refractivity contribution in [1.82, 2.24) is 15.3 Å². The molecule has 2 aromatic carbocycles. The van der Waals surface area contributed by atoms with Crippen molar-refractivity contribution < 1.29 is 18.7 Å². The average molecular weight is 454 g/mol. The minimum absolute atomic E-state index is 0.0000574. The van der Waals surface area contributed by atoms with Gasteiger partial charge in [-0.3, -0.25) is 4.79 Å². The predicted molar refractivity (Wildman–Crippen MR) is 126 cm³/mol. The maximum atomic E-state index is 14.7. The van der Waals surface area contributed by atoms with Crippen LogP contribution in [0.15, 0.2) is 42.7 Å². The number of methoxy groups -OCH3 is 1. The minimum atomic E-state index is -0.480. The molecule has 9 heteroatoms. The van der Waals surface area contributed by atoms with E-state index < -0.39 is 5.82 Å². The van der Waals surface area contributed by atoms with Crippen LogP contribution in [0.25, 0.3) is 0 Å². The molecule has 0 saturated carbocycles. The number of anilines is 3. The van der Waals surface area contributed by atoms with Crippen molar-refractivity contribution >= 4 is 23.2 Å². The van der Waals surface area contributed by atoms with Gasteiger partial charge in [0.15, 0.2) is 11.6 Å². The standard InChI is InChI=1S/C24H28FN5O3/c1-14(2)33-20-11-18(7-8-19(20)26)30-24-28-12-15(13-29-24)5-6-16-9-17(23(31)27-3)10-21(32-4)22(16)25/h7-14H,5-6,26H2,1-4H3,(H,27,31)(H,28,29,30). The van der Waals surface area contributed by atoms with Gasteiger partial charge in [0, 0.05) is 36.8 Å². The number of halogens is 1. The largest absolute Gasteiger partial charge is 0.494 e. The predicted octanol–water partition coefficient (Wildman–Crippen LogP) is 3.88. The van der Waals surface area contributed by atoms with Crippen LogP contribution < -0.4 is 25.8 Å². The summed E-state index contributed by atoms with van der Waals surface area (Å²) in [5, 5.41) is 5.65. The summed E-state index contributed by atoms with van der Waals surface area (Å²) in [7, 11) is 2.89. The molecule has 3 rings (SSSR count). The van der Waals surface area contributed by atoms with Gasteiger partial charge >= 0.3 is 0 Å². The number of hydrogen-bond donors (Lipinski definition) is 3. The van der Waals surface area contributed by atoms with Gasteiger partial charge < -0.3 is 25.8 Å². The molecule has 0 aliphatic rings. The van der Waals surface area contributed by atoms with E-state index in [0.29, 0.717) is 41.4 Å². The third-order valence-electron chi connectivity index (χ3n) is 4.84. The zero-order chi connectivity index (χ0) is 24.0. The van der Waals surface area contributed by atoms with Crippen LogP contribution in [0.1, 0.15) is 35.3 Å². The molecule has 0 saturated heterocycles. The van der Waals surface area contributed by atoms with Crippen LogP contribution >= 0.6 is 0 Å². The molecular formula is C24H28FN5O3. The lowest BCUT2D eigenvalue weighted by Crippen LogP contribution is -2.18. The first kappa shape index (κ1) is 23.8. The van der Waals surface area contributed by atoms with Crippen LogP contribution in [0.2, 0.25) is 0 Å². The number of ether oxygens (including phenoxy) is 2. The van der Waals surface area contributed by atoms with Gasteiger partial charge in [-0.1, -0.05) is 0 Å². The van der Waals surface area contributed by atoms with Gasteiger partial charge in [0.1, 0.15) is 5.75 Å². The zero-order valence-electron chi connectivity index (χ0n) is 19.1. The van der Waals surface area contributed by atoms with E-state index in [4.69, 9.17) is 15.2 Å². The smallest absolute Gasteiger partial charge is 0.251 e. The average Bonchev–Trinajstić information content (AvgIpc) is 2.80. The summed E-state index contributed by atoms with van der Waals surface area (Å²) in [5.41, 5.74) is 8.80. The first-order chi connectivity index (χ1) is 15.8. The normalized spacial score (nSPS) is 10.7. The number of aromatic nitrogens is 2. The van der Waals surface area contributed by atoms with E-state index in [9.17, 15) is 9.18 Å². The van der Waals surface area contributed by atoms with Gasteiger partial charge in [-0.05, 0) is 62.1 Å². The summed E-state index contributed by atoms with van der Waals surface area (Å²) >= 11 is 0. The van der Waals surface area contributed by atoms with Crippen LogP contribution in [0, 0.1) is 5.82 Å². The summed E-state index contributed by atoms with van der Waals surface area (Å²) in [6.45, 7) is 3.86.